The molecule has 3 aromatic rings. The second kappa shape index (κ2) is 10.3. The lowest BCUT2D eigenvalue weighted by atomic mass is 9.80. The Hall–Kier alpha value is -3.23. The molecule has 0 aromatic heterocycles. The summed E-state index contributed by atoms with van der Waals surface area (Å²) < 4.78 is 25.9. The smallest absolute Gasteiger partial charge is 0.336 e. The van der Waals surface area contributed by atoms with Crippen LogP contribution < -0.4 is 10.1 Å². The van der Waals surface area contributed by atoms with Gasteiger partial charge in [-0.1, -0.05) is 36.4 Å². The van der Waals surface area contributed by atoms with E-state index in [1.807, 2.05) is 37.3 Å². The zero-order valence-electron chi connectivity index (χ0n) is 20.0. The maximum atomic E-state index is 13.6. The fourth-order valence-corrected chi connectivity index (χ4v) is 6.21. The number of fused-ring (bicyclic) bond motifs is 2. The van der Waals surface area contributed by atoms with Crippen molar-refractivity contribution in [3.05, 3.63) is 115 Å². The van der Waals surface area contributed by atoms with Crippen molar-refractivity contribution in [2.45, 2.75) is 26.4 Å². The monoisotopic (exact) mass is 625 g/mol. The minimum Gasteiger partial charge on any atom is -0.487 e. The molecule has 1 aliphatic carbocycles. The Kier molecular flexibility index (Phi) is 7.05. The molecule has 1 aliphatic heterocycles. The van der Waals surface area contributed by atoms with Crippen LogP contribution in [-0.4, -0.2) is 18.4 Å². The lowest BCUT2D eigenvalue weighted by molar-refractivity contribution is -0.138. The first kappa shape index (κ1) is 25.4. The topological polar surface area (TPSA) is 64.6 Å². The average molecular weight is 627 g/mol. The predicted octanol–water partition coefficient (Wildman–Crippen LogP) is 7.06. The Morgan fingerprint density at radius 2 is 1.68 bits per heavy atom. The molecular weight excluding hydrogens is 605 g/mol. The molecule has 0 saturated heterocycles. The summed E-state index contributed by atoms with van der Waals surface area (Å²) in [5.74, 6) is -1.00. The van der Waals surface area contributed by atoms with Gasteiger partial charge in [-0.05, 0) is 81.1 Å². The van der Waals surface area contributed by atoms with Crippen molar-refractivity contribution in [3.8, 4) is 5.75 Å². The second-order valence-electron chi connectivity index (χ2n) is 8.71. The van der Waals surface area contributed by atoms with Crippen molar-refractivity contribution in [2.75, 3.05) is 6.61 Å². The van der Waals surface area contributed by atoms with Crippen molar-refractivity contribution in [3.63, 3.8) is 0 Å². The number of hydrogen-bond acceptors (Lipinski definition) is 5. The number of halogens is 3. The molecule has 1 atom stereocenters. The molecule has 37 heavy (non-hydrogen) atoms. The number of dihydropyridines is 1. The number of nitrogens with one attached hydrogen (secondary N) is 1. The SMILES string of the molecule is CCOC(=O)C1=C(C)NC2=C(C(=O)c3ccccc32)[C@@H]1c1cc(Br)c(OCc2ccc(F)cc2)c(Br)c1. The number of ketones is 1. The van der Waals surface area contributed by atoms with Crippen molar-refractivity contribution < 1.29 is 23.5 Å². The molecule has 0 spiro atoms. The number of allylic oxidation sites excluding steroid dienone is 2. The van der Waals surface area contributed by atoms with Crippen LogP contribution in [0.4, 0.5) is 4.39 Å². The van der Waals surface area contributed by atoms with Gasteiger partial charge in [-0.25, -0.2) is 9.18 Å². The van der Waals surface area contributed by atoms with E-state index in [4.69, 9.17) is 9.47 Å². The number of ether oxygens (including phenoxy) is 2. The largest absolute Gasteiger partial charge is 0.487 e. The Labute approximate surface area is 230 Å². The van der Waals surface area contributed by atoms with Crippen molar-refractivity contribution >= 4 is 49.3 Å². The van der Waals surface area contributed by atoms with Gasteiger partial charge in [-0.3, -0.25) is 4.79 Å². The summed E-state index contributed by atoms with van der Waals surface area (Å²) in [4.78, 5) is 26.8. The highest BCUT2D eigenvalue weighted by Gasteiger charge is 2.43. The van der Waals surface area contributed by atoms with Gasteiger partial charge in [-0.2, -0.15) is 0 Å². The van der Waals surface area contributed by atoms with E-state index in [-0.39, 0.29) is 24.8 Å². The number of benzene rings is 3. The Bertz CT molecular complexity index is 1470. The summed E-state index contributed by atoms with van der Waals surface area (Å²) in [5.41, 5.74) is 5.19. The fraction of sp³-hybridized carbons (Fsp3) is 0.172. The highest BCUT2D eigenvalue weighted by atomic mass is 79.9. The molecule has 1 heterocycles. The molecule has 188 valence electrons. The van der Waals surface area contributed by atoms with Gasteiger partial charge in [-0.15, -0.1) is 0 Å². The third-order valence-corrected chi connectivity index (χ3v) is 7.57. The van der Waals surface area contributed by atoms with Gasteiger partial charge in [0.2, 0.25) is 0 Å². The van der Waals surface area contributed by atoms with Crippen molar-refractivity contribution in [1.29, 1.82) is 0 Å². The van der Waals surface area contributed by atoms with Crippen LogP contribution in [0.5, 0.6) is 5.75 Å². The zero-order chi connectivity index (χ0) is 26.3. The lowest BCUT2D eigenvalue weighted by Crippen LogP contribution is -2.29. The number of carbonyl (C=O) groups excluding carboxylic acids is 2. The average Bonchev–Trinajstić information content (AvgIpc) is 3.15. The number of Topliss-reactive ketones (excluding diaryl/α,β-unsaturated/α-hetero) is 1. The molecular formula is C29H22Br2FNO4. The molecule has 8 heteroatoms. The predicted molar refractivity (Wildman–Crippen MR) is 145 cm³/mol. The van der Waals surface area contributed by atoms with Crippen LogP contribution in [0.2, 0.25) is 0 Å². The summed E-state index contributed by atoms with van der Waals surface area (Å²) in [5, 5.41) is 3.30. The molecule has 0 saturated carbocycles. The molecule has 0 bridgehead atoms. The quantitative estimate of drug-likeness (QED) is 0.297. The zero-order valence-corrected chi connectivity index (χ0v) is 23.2. The molecule has 0 amide bonds. The van der Waals surface area contributed by atoms with E-state index in [0.29, 0.717) is 42.8 Å². The van der Waals surface area contributed by atoms with Gasteiger partial charge in [0.25, 0.3) is 0 Å². The van der Waals surface area contributed by atoms with E-state index < -0.39 is 11.9 Å². The Balaban J connectivity index is 1.57. The normalized spacial score (nSPS) is 16.4. The molecule has 1 N–H and O–H groups in total. The molecule has 5 nitrogen and oxygen atoms in total. The number of hydrogen-bond donors (Lipinski definition) is 1. The third-order valence-electron chi connectivity index (χ3n) is 6.39. The van der Waals surface area contributed by atoms with E-state index in [9.17, 15) is 14.0 Å². The first-order valence-electron chi connectivity index (χ1n) is 11.7. The van der Waals surface area contributed by atoms with Crippen molar-refractivity contribution in [1.82, 2.24) is 5.32 Å². The van der Waals surface area contributed by atoms with E-state index in [1.54, 1.807) is 25.1 Å². The Morgan fingerprint density at radius 1 is 1.03 bits per heavy atom. The molecule has 0 unspecified atom stereocenters. The maximum absolute atomic E-state index is 13.6. The van der Waals surface area contributed by atoms with Crippen LogP contribution >= 0.6 is 31.9 Å². The van der Waals surface area contributed by atoms with Gasteiger partial charge in [0, 0.05) is 28.3 Å². The first-order chi connectivity index (χ1) is 17.8. The molecule has 0 radical (unpaired) electrons. The minimum atomic E-state index is -0.644. The summed E-state index contributed by atoms with van der Waals surface area (Å²) >= 11 is 7.21. The standard InChI is InChI=1S/C29H22Br2FNO4/c1-3-36-29(35)23-15(2)33-26-19-6-4-5-7-20(19)27(34)25(26)24(23)17-12-21(30)28(22(31)13-17)37-14-16-8-10-18(32)11-9-16/h4-13,24,33H,3,14H2,1-2H3/t24-/m1/s1. The summed E-state index contributed by atoms with van der Waals surface area (Å²) in [7, 11) is 0. The summed E-state index contributed by atoms with van der Waals surface area (Å²) in [6.45, 7) is 4.02. The second-order valence-corrected chi connectivity index (χ2v) is 10.4. The van der Waals surface area contributed by atoms with Gasteiger partial charge >= 0.3 is 5.97 Å². The van der Waals surface area contributed by atoms with Crippen LogP contribution in [0, 0.1) is 5.82 Å². The van der Waals surface area contributed by atoms with Crippen LogP contribution in [0.3, 0.4) is 0 Å². The van der Waals surface area contributed by atoms with Crippen LogP contribution in [0.15, 0.2) is 86.5 Å². The van der Waals surface area contributed by atoms with E-state index in [2.05, 4.69) is 37.2 Å². The van der Waals surface area contributed by atoms with Crippen LogP contribution in [0.1, 0.15) is 46.8 Å². The van der Waals surface area contributed by atoms with E-state index in [0.717, 1.165) is 16.7 Å². The molecule has 0 fully saturated rings. The van der Waals surface area contributed by atoms with Gasteiger partial charge < -0.3 is 14.8 Å². The fourth-order valence-electron chi connectivity index (χ4n) is 4.76. The van der Waals surface area contributed by atoms with Gasteiger partial charge in [0.1, 0.15) is 18.2 Å². The maximum Gasteiger partial charge on any atom is 0.336 e. The van der Waals surface area contributed by atoms with E-state index in [1.165, 1.54) is 12.1 Å². The number of carbonyl (C=O) groups is 2. The van der Waals surface area contributed by atoms with Crippen LogP contribution in [0.25, 0.3) is 5.70 Å². The molecule has 2 aliphatic rings. The summed E-state index contributed by atoms with van der Waals surface area (Å²) in [6, 6.07) is 17.2. The third kappa shape index (κ3) is 4.64. The van der Waals surface area contributed by atoms with E-state index >= 15 is 0 Å². The van der Waals surface area contributed by atoms with Gasteiger partial charge in [0.15, 0.2) is 5.78 Å². The number of esters is 1. The molecule has 3 aromatic carbocycles. The molecule has 5 rings (SSSR count). The summed E-state index contributed by atoms with van der Waals surface area (Å²) in [6.07, 6.45) is 0. The minimum absolute atomic E-state index is 0.124. The van der Waals surface area contributed by atoms with Crippen LogP contribution in [-0.2, 0) is 16.1 Å². The first-order valence-corrected chi connectivity index (χ1v) is 13.3. The highest BCUT2D eigenvalue weighted by Crippen LogP contribution is 2.48. The lowest BCUT2D eigenvalue weighted by Gasteiger charge is -2.29. The number of rotatable bonds is 6. The Morgan fingerprint density at radius 3 is 2.32 bits per heavy atom. The van der Waals surface area contributed by atoms with Gasteiger partial charge in [0.05, 0.1) is 26.8 Å². The van der Waals surface area contributed by atoms with Crippen molar-refractivity contribution in [2.24, 2.45) is 0 Å². The highest BCUT2D eigenvalue weighted by molar-refractivity contribution is 9.11.